The Morgan fingerprint density at radius 1 is 1.50 bits per heavy atom. The molecule has 1 N–H and O–H groups in total. The van der Waals surface area contributed by atoms with E-state index in [1.54, 1.807) is 25.6 Å². The highest BCUT2D eigenvalue weighted by molar-refractivity contribution is 4.86. The van der Waals surface area contributed by atoms with Gasteiger partial charge in [0.15, 0.2) is 0 Å². The second-order valence-corrected chi connectivity index (χ2v) is 1.69. The Hall–Kier alpha value is -1.00. The van der Waals surface area contributed by atoms with E-state index in [0.717, 1.165) is 5.82 Å². The van der Waals surface area contributed by atoms with E-state index in [-0.39, 0.29) is 0 Å². The molecule has 1 aromatic heterocycles. The number of nitrogens with one attached hydrogen (secondary N) is 1. The fourth-order valence-corrected chi connectivity index (χ4v) is 0.558. The highest BCUT2D eigenvalue weighted by Crippen LogP contribution is 1.84. The molecular formula is C6H9N3O. The lowest BCUT2D eigenvalue weighted by molar-refractivity contribution is 0.0848. The van der Waals surface area contributed by atoms with Crippen molar-refractivity contribution in [3.8, 4) is 0 Å². The lowest BCUT2D eigenvalue weighted by atomic mass is 10.6. The first-order valence-corrected chi connectivity index (χ1v) is 2.95. The minimum atomic E-state index is 0.539. The van der Waals surface area contributed by atoms with Gasteiger partial charge in [-0.3, -0.25) is 0 Å². The fourth-order valence-electron chi connectivity index (χ4n) is 0.558. The van der Waals surface area contributed by atoms with Gasteiger partial charge in [-0.15, -0.1) is 0 Å². The lowest BCUT2D eigenvalue weighted by Crippen LogP contribution is -2.12. The van der Waals surface area contributed by atoms with Crippen LogP contribution in [0, 0.1) is 0 Å². The first kappa shape index (κ1) is 7.11. The van der Waals surface area contributed by atoms with Crippen LogP contribution in [0.5, 0.6) is 0 Å². The molecule has 1 heterocycles. The predicted octanol–water partition coefficient (Wildman–Crippen LogP) is 0.128. The summed E-state index contributed by atoms with van der Waals surface area (Å²) in [4.78, 5) is 12.5. The molecule has 0 spiro atoms. The number of hydrogen-bond acceptors (Lipinski definition) is 4. The number of nitrogens with zero attached hydrogens (tertiary/aromatic N) is 2. The summed E-state index contributed by atoms with van der Waals surface area (Å²) in [5, 5.41) is 0. The smallest absolute Gasteiger partial charge is 0.144 e. The quantitative estimate of drug-likeness (QED) is 0.604. The van der Waals surface area contributed by atoms with Crippen molar-refractivity contribution in [3.05, 3.63) is 24.3 Å². The molecule has 0 saturated carbocycles. The van der Waals surface area contributed by atoms with Gasteiger partial charge in [0.25, 0.3) is 0 Å². The second-order valence-electron chi connectivity index (χ2n) is 1.69. The van der Waals surface area contributed by atoms with E-state index >= 15 is 0 Å². The molecule has 0 aliphatic heterocycles. The molecule has 4 heteroatoms. The molecule has 10 heavy (non-hydrogen) atoms. The molecule has 0 aliphatic rings. The van der Waals surface area contributed by atoms with Crippen LogP contribution in [0.1, 0.15) is 5.82 Å². The van der Waals surface area contributed by atoms with Gasteiger partial charge in [-0.1, -0.05) is 0 Å². The van der Waals surface area contributed by atoms with Crippen LogP contribution >= 0.6 is 0 Å². The van der Waals surface area contributed by atoms with Crippen LogP contribution in [-0.4, -0.2) is 17.1 Å². The predicted molar refractivity (Wildman–Crippen MR) is 35.9 cm³/mol. The summed E-state index contributed by atoms with van der Waals surface area (Å²) in [6.45, 7) is 0.539. The third-order valence-corrected chi connectivity index (χ3v) is 0.994. The van der Waals surface area contributed by atoms with Crippen molar-refractivity contribution in [1.29, 1.82) is 0 Å². The van der Waals surface area contributed by atoms with Crippen LogP contribution in [0.25, 0.3) is 0 Å². The highest BCUT2D eigenvalue weighted by atomic mass is 16.6. The van der Waals surface area contributed by atoms with Crippen molar-refractivity contribution < 1.29 is 4.84 Å². The van der Waals surface area contributed by atoms with Gasteiger partial charge in [-0.05, 0) is 6.07 Å². The summed E-state index contributed by atoms with van der Waals surface area (Å²) < 4.78 is 0. The molecular weight excluding hydrogens is 130 g/mol. The minimum Gasteiger partial charge on any atom is -0.305 e. The van der Waals surface area contributed by atoms with Crippen molar-refractivity contribution in [2.24, 2.45) is 0 Å². The molecule has 0 aromatic carbocycles. The largest absolute Gasteiger partial charge is 0.305 e. The normalized spacial score (nSPS) is 9.70. The van der Waals surface area contributed by atoms with Crippen molar-refractivity contribution in [2.75, 3.05) is 7.11 Å². The summed E-state index contributed by atoms with van der Waals surface area (Å²) in [6.07, 6.45) is 3.39. The summed E-state index contributed by atoms with van der Waals surface area (Å²) in [7, 11) is 1.56. The van der Waals surface area contributed by atoms with Crippen LogP contribution in [-0.2, 0) is 11.4 Å². The Morgan fingerprint density at radius 3 is 2.80 bits per heavy atom. The number of aromatic nitrogens is 2. The minimum absolute atomic E-state index is 0.539. The Labute approximate surface area is 59.2 Å². The summed E-state index contributed by atoms with van der Waals surface area (Å²) in [6, 6.07) is 1.77. The van der Waals surface area contributed by atoms with Crippen molar-refractivity contribution >= 4 is 0 Å². The average Bonchev–Trinajstić information content (AvgIpc) is 2.03. The van der Waals surface area contributed by atoms with Crippen LogP contribution in [0.15, 0.2) is 18.5 Å². The Kier molecular flexibility index (Phi) is 2.79. The molecule has 0 aliphatic carbocycles. The SMILES string of the molecule is CONCc1ncccn1. The molecule has 0 unspecified atom stereocenters. The summed E-state index contributed by atoms with van der Waals surface area (Å²) in [5.41, 5.74) is 2.64. The molecule has 1 rings (SSSR count). The van der Waals surface area contributed by atoms with Gasteiger partial charge in [-0.25, -0.2) is 9.97 Å². The average molecular weight is 139 g/mol. The Morgan fingerprint density at radius 2 is 2.20 bits per heavy atom. The van der Waals surface area contributed by atoms with Crippen LogP contribution in [0.4, 0.5) is 0 Å². The molecule has 54 valence electrons. The van der Waals surface area contributed by atoms with E-state index in [2.05, 4.69) is 20.3 Å². The maximum absolute atomic E-state index is 4.62. The molecule has 0 amide bonds. The third kappa shape index (κ3) is 2.08. The van der Waals surface area contributed by atoms with Gasteiger partial charge in [0.2, 0.25) is 0 Å². The number of hydrogen-bond donors (Lipinski definition) is 1. The molecule has 0 saturated heterocycles. The van der Waals surface area contributed by atoms with E-state index in [0.29, 0.717) is 6.54 Å². The third-order valence-electron chi connectivity index (χ3n) is 0.994. The van der Waals surface area contributed by atoms with Crippen LogP contribution < -0.4 is 5.48 Å². The standard InChI is InChI=1S/C6H9N3O/c1-10-9-5-6-7-3-2-4-8-6/h2-4,9H,5H2,1H3. The molecule has 0 bridgehead atoms. The van der Waals surface area contributed by atoms with Gasteiger partial charge < -0.3 is 4.84 Å². The number of hydroxylamine groups is 1. The van der Waals surface area contributed by atoms with Crippen LogP contribution in [0.3, 0.4) is 0 Å². The van der Waals surface area contributed by atoms with Gasteiger partial charge in [-0.2, -0.15) is 5.48 Å². The van der Waals surface area contributed by atoms with E-state index in [1.165, 1.54) is 0 Å². The maximum atomic E-state index is 4.62. The monoisotopic (exact) mass is 139 g/mol. The Bertz CT molecular complexity index is 178. The molecule has 0 atom stereocenters. The zero-order valence-corrected chi connectivity index (χ0v) is 5.74. The topological polar surface area (TPSA) is 47.0 Å². The van der Waals surface area contributed by atoms with E-state index in [1.807, 2.05) is 0 Å². The first-order valence-electron chi connectivity index (χ1n) is 2.95. The highest BCUT2D eigenvalue weighted by Gasteiger charge is 1.89. The fraction of sp³-hybridized carbons (Fsp3) is 0.333. The van der Waals surface area contributed by atoms with E-state index in [9.17, 15) is 0 Å². The van der Waals surface area contributed by atoms with Crippen molar-refractivity contribution in [2.45, 2.75) is 6.54 Å². The molecule has 0 radical (unpaired) electrons. The first-order chi connectivity index (χ1) is 4.93. The molecule has 1 aromatic rings. The number of rotatable bonds is 3. The molecule has 4 nitrogen and oxygen atoms in total. The van der Waals surface area contributed by atoms with Crippen LogP contribution in [0.2, 0.25) is 0 Å². The summed E-state index contributed by atoms with van der Waals surface area (Å²) in [5.74, 6) is 0.726. The van der Waals surface area contributed by atoms with Gasteiger partial charge in [0.05, 0.1) is 13.7 Å². The molecule has 0 fully saturated rings. The second kappa shape index (κ2) is 3.92. The van der Waals surface area contributed by atoms with Crippen molar-refractivity contribution in [1.82, 2.24) is 15.4 Å². The zero-order chi connectivity index (χ0) is 7.23. The lowest BCUT2D eigenvalue weighted by Gasteiger charge is -1.97. The Balaban J connectivity index is 2.43. The zero-order valence-electron chi connectivity index (χ0n) is 5.74. The van der Waals surface area contributed by atoms with E-state index < -0.39 is 0 Å². The van der Waals surface area contributed by atoms with Gasteiger partial charge in [0.1, 0.15) is 5.82 Å². The maximum Gasteiger partial charge on any atom is 0.144 e. The van der Waals surface area contributed by atoms with E-state index in [4.69, 9.17) is 0 Å². The van der Waals surface area contributed by atoms with Gasteiger partial charge >= 0.3 is 0 Å². The summed E-state index contributed by atoms with van der Waals surface area (Å²) >= 11 is 0. The van der Waals surface area contributed by atoms with Gasteiger partial charge in [0, 0.05) is 12.4 Å². The van der Waals surface area contributed by atoms with Crippen molar-refractivity contribution in [3.63, 3.8) is 0 Å².